The number of para-hydroxylation sites is 1. The zero-order valence-corrected chi connectivity index (χ0v) is 18.9. The first kappa shape index (κ1) is 24.8. The monoisotopic (exact) mass is 402 g/mol. The van der Waals surface area contributed by atoms with Crippen molar-refractivity contribution >= 4 is 5.97 Å². The standard InChI is InChI=1S/C24H38N2O3/c1-7-12-19(8-2)24(6,23(4,5)16-20(26)17-25)29-21-14-11-10-13-18(21)15-22(27)28-9-3/h10-14,16H,7-9,15,17,25-26H2,1-6H3/b19-12+,20-16-. The van der Waals surface area contributed by atoms with Gasteiger partial charge in [-0.1, -0.05) is 58.0 Å². The molecule has 0 spiro atoms. The fourth-order valence-corrected chi connectivity index (χ4v) is 3.53. The van der Waals surface area contributed by atoms with Gasteiger partial charge in [0, 0.05) is 23.2 Å². The van der Waals surface area contributed by atoms with Crippen LogP contribution in [0.5, 0.6) is 5.75 Å². The molecule has 0 saturated heterocycles. The second-order valence-electron chi connectivity index (χ2n) is 7.86. The van der Waals surface area contributed by atoms with Crippen molar-refractivity contribution in [3.63, 3.8) is 0 Å². The van der Waals surface area contributed by atoms with Crippen LogP contribution in [-0.2, 0) is 16.0 Å². The molecule has 1 aromatic carbocycles. The molecule has 0 radical (unpaired) electrons. The Morgan fingerprint density at radius 1 is 1.14 bits per heavy atom. The van der Waals surface area contributed by atoms with Crippen molar-refractivity contribution in [1.29, 1.82) is 0 Å². The van der Waals surface area contributed by atoms with E-state index >= 15 is 0 Å². The minimum Gasteiger partial charge on any atom is -0.482 e. The van der Waals surface area contributed by atoms with Crippen LogP contribution in [0, 0.1) is 5.41 Å². The first-order valence-corrected chi connectivity index (χ1v) is 10.4. The number of nitrogens with two attached hydrogens (primary N) is 2. The van der Waals surface area contributed by atoms with Crippen molar-refractivity contribution in [2.24, 2.45) is 16.9 Å². The third kappa shape index (κ3) is 6.36. The zero-order valence-electron chi connectivity index (χ0n) is 18.9. The maximum atomic E-state index is 12.1. The van der Waals surface area contributed by atoms with Gasteiger partial charge in [-0.3, -0.25) is 4.79 Å². The summed E-state index contributed by atoms with van der Waals surface area (Å²) in [4.78, 5) is 12.1. The highest BCUT2D eigenvalue weighted by Gasteiger charge is 2.44. The molecule has 162 valence electrons. The van der Waals surface area contributed by atoms with E-state index in [2.05, 4.69) is 40.7 Å². The van der Waals surface area contributed by atoms with E-state index < -0.39 is 11.0 Å². The summed E-state index contributed by atoms with van der Waals surface area (Å²) in [6.45, 7) is 13.0. The van der Waals surface area contributed by atoms with Crippen LogP contribution in [0.3, 0.4) is 0 Å². The summed E-state index contributed by atoms with van der Waals surface area (Å²) in [6, 6.07) is 7.62. The summed E-state index contributed by atoms with van der Waals surface area (Å²) in [5.41, 5.74) is 13.3. The fourth-order valence-electron chi connectivity index (χ4n) is 3.53. The van der Waals surface area contributed by atoms with Crippen molar-refractivity contribution in [2.45, 2.75) is 66.4 Å². The Labute approximate surface area is 176 Å². The van der Waals surface area contributed by atoms with Crippen LogP contribution < -0.4 is 16.2 Å². The summed E-state index contributed by atoms with van der Waals surface area (Å²) < 4.78 is 11.8. The van der Waals surface area contributed by atoms with Crippen LogP contribution in [0.25, 0.3) is 0 Å². The van der Waals surface area contributed by atoms with Crippen LogP contribution in [0.2, 0.25) is 0 Å². The molecule has 1 unspecified atom stereocenters. The van der Waals surface area contributed by atoms with Crippen LogP contribution >= 0.6 is 0 Å². The average molecular weight is 403 g/mol. The minimum atomic E-state index is -0.678. The lowest BCUT2D eigenvalue weighted by molar-refractivity contribution is -0.142. The Bertz CT molecular complexity index is 737. The summed E-state index contributed by atoms with van der Waals surface area (Å²) in [5, 5.41) is 0. The van der Waals surface area contributed by atoms with Gasteiger partial charge in [-0.2, -0.15) is 0 Å². The third-order valence-electron chi connectivity index (χ3n) is 5.38. The number of hydrogen-bond donors (Lipinski definition) is 2. The molecule has 29 heavy (non-hydrogen) atoms. The Morgan fingerprint density at radius 2 is 1.79 bits per heavy atom. The summed E-state index contributed by atoms with van der Waals surface area (Å²) in [6.07, 6.45) is 6.10. The maximum absolute atomic E-state index is 12.1. The summed E-state index contributed by atoms with van der Waals surface area (Å²) in [7, 11) is 0. The largest absolute Gasteiger partial charge is 0.482 e. The van der Waals surface area contributed by atoms with Gasteiger partial charge in [-0.25, -0.2) is 0 Å². The number of allylic oxidation sites excluding steroid dienone is 1. The van der Waals surface area contributed by atoms with Gasteiger partial charge in [0.05, 0.1) is 13.0 Å². The second-order valence-corrected chi connectivity index (χ2v) is 7.86. The number of carbonyl (C=O) groups excluding carboxylic acids is 1. The van der Waals surface area contributed by atoms with E-state index in [-0.39, 0.29) is 18.9 Å². The minimum absolute atomic E-state index is 0.167. The van der Waals surface area contributed by atoms with Crippen molar-refractivity contribution in [3.05, 3.63) is 53.3 Å². The smallest absolute Gasteiger partial charge is 0.310 e. The Hall–Kier alpha value is -2.27. The molecule has 0 aliphatic carbocycles. The molecule has 0 aromatic heterocycles. The van der Waals surface area contributed by atoms with Crippen LogP contribution in [-0.4, -0.2) is 24.7 Å². The molecule has 0 bridgehead atoms. The second kappa shape index (κ2) is 11.1. The lowest BCUT2D eigenvalue weighted by atomic mass is 9.69. The molecular weight excluding hydrogens is 364 g/mol. The number of benzene rings is 1. The van der Waals surface area contributed by atoms with E-state index in [0.29, 0.717) is 18.1 Å². The van der Waals surface area contributed by atoms with E-state index in [0.717, 1.165) is 18.4 Å². The Morgan fingerprint density at radius 3 is 2.34 bits per heavy atom. The van der Waals surface area contributed by atoms with Gasteiger partial charge >= 0.3 is 5.97 Å². The number of esters is 1. The highest BCUT2D eigenvalue weighted by atomic mass is 16.5. The van der Waals surface area contributed by atoms with Gasteiger partial charge in [0.15, 0.2) is 0 Å². The van der Waals surface area contributed by atoms with E-state index in [4.69, 9.17) is 20.9 Å². The van der Waals surface area contributed by atoms with Gasteiger partial charge in [0.1, 0.15) is 11.4 Å². The molecule has 0 fully saturated rings. The SMILES string of the molecule is CC/C=C(\CC)C(C)(Oc1ccccc1CC(=O)OCC)C(C)(C)/C=C(\N)CN. The molecule has 0 amide bonds. The molecule has 1 atom stereocenters. The highest BCUT2D eigenvalue weighted by Crippen LogP contribution is 2.44. The molecule has 4 N–H and O–H groups in total. The molecule has 0 saturated carbocycles. The maximum Gasteiger partial charge on any atom is 0.310 e. The molecule has 0 heterocycles. The number of rotatable bonds is 11. The van der Waals surface area contributed by atoms with E-state index in [1.807, 2.05) is 30.3 Å². The topological polar surface area (TPSA) is 87.6 Å². The van der Waals surface area contributed by atoms with Gasteiger partial charge in [0.25, 0.3) is 0 Å². The predicted molar refractivity (Wildman–Crippen MR) is 120 cm³/mol. The van der Waals surface area contributed by atoms with Gasteiger partial charge in [-0.15, -0.1) is 0 Å². The van der Waals surface area contributed by atoms with Gasteiger partial charge in [0.2, 0.25) is 0 Å². The van der Waals surface area contributed by atoms with E-state index in [1.165, 1.54) is 5.57 Å². The van der Waals surface area contributed by atoms with E-state index in [1.54, 1.807) is 6.92 Å². The summed E-state index contributed by atoms with van der Waals surface area (Å²) in [5.74, 6) is 0.405. The Balaban J connectivity index is 3.48. The Kier molecular flexibility index (Phi) is 9.44. The van der Waals surface area contributed by atoms with Crippen molar-refractivity contribution in [1.82, 2.24) is 0 Å². The van der Waals surface area contributed by atoms with Crippen LogP contribution in [0.4, 0.5) is 0 Å². The lowest BCUT2D eigenvalue weighted by Gasteiger charge is -2.45. The molecule has 0 aliphatic heterocycles. The fraction of sp³-hybridized carbons (Fsp3) is 0.542. The number of ether oxygens (including phenoxy) is 2. The predicted octanol–water partition coefficient (Wildman–Crippen LogP) is 4.50. The van der Waals surface area contributed by atoms with Crippen LogP contribution in [0.15, 0.2) is 47.7 Å². The van der Waals surface area contributed by atoms with Gasteiger partial charge in [-0.05, 0) is 38.3 Å². The molecule has 1 aromatic rings. The first-order valence-electron chi connectivity index (χ1n) is 10.4. The van der Waals surface area contributed by atoms with Crippen LogP contribution in [0.1, 0.15) is 59.9 Å². The lowest BCUT2D eigenvalue weighted by Crippen LogP contribution is -2.48. The quantitative estimate of drug-likeness (QED) is 0.420. The number of carbonyl (C=O) groups is 1. The summed E-state index contributed by atoms with van der Waals surface area (Å²) >= 11 is 0. The molecule has 0 aliphatic rings. The van der Waals surface area contributed by atoms with Gasteiger partial charge < -0.3 is 20.9 Å². The molecule has 5 heteroatoms. The third-order valence-corrected chi connectivity index (χ3v) is 5.38. The first-order chi connectivity index (χ1) is 13.6. The normalized spacial score (nSPS) is 15.0. The molecular formula is C24H38N2O3. The zero-order chi connectivity index (χ0) is 22.1. The highest BCUT2D eigenvalue weighted by molar-refractivity contribution is 5.73. The molecule has 5 nitrogen and oxygen atoms in total. The van der Waals surface area contributed by atoms with Crippen molar-refractivity contribution < 1.29 is 14.3 Å². The van der Waals surface area contributed by atoms with Crippen molar-refractivity contribution in [2.75, 3.05) is 13.2 Å². The average Bonchev–Trinajstić information content (AvgIpc) is 2.67. The molecule has 1 rings (SSSR count). The number of hydrogen-bond acceptors (Lipinski definition) is 5. The van der Waals surface area contributed by atoms with Crippen molar-refractivity contribution in [3.8, 4) is 5.75 Å². The van der Waals surface area contributed by atoms with E-state index in [9.17, 15) is 4.79 Å².